The highest BCUT2D eigenvalue weighted by Crippen LogP contribution is 2.24. The van der Waals surface area contributed by atoms with Crippen molar-refractivity contribution in [3.8, 4) is 5.75 Å². The SMILES string of the molecule is O=c1[nH][nH]cc1C=Nc1ccc(OC(F)(F)F)cc1. The van der Waals surface area contributed by atoms with Crippen LogP contribution in [-0.2, 0) is 0 Å². The summed E-state index contributed by atoms with van der Waals surface area (Å²) in [5.74, 6) is -0.328. The summed E-state index contributed by atoms with van der Waals surface area (Å²) in [4.78, 5) is 15.1. The summed E-state index contributed by atoms with van der Waals surface area (Å²) in [6.07, 6.45) is -1.99. The molecule has 0 fully saturated rings. The van der Waals surface area contributed by atoms with Crippen molar-refractivity contribution in [2.75, 3.05) is 0 Å². The van der Waals surface area contributed by atoms with Gasteiger partial charge < -0.3 is 9.84 Å². The number of rotatable bonds is 3. The normalized spacial score (nSPS) is 11.9. The molecule has 2 rings (SSSR count). The molecule has 0 spiro atoms. The lowest BCUT2D eigenvalue weighted by Gasteiger charge is -2.08. The van der Waals surface area contributed by atoms with Crippen LogP contribution in [-0.4, -0.2) is 22.8 Å². The maximum Gasteiger partial charge on any atom is 0.573 e. The van der Waals surface area contributed by atoms with Crippen LogP contribution in [0, 0.1) is 0 Å². The van der Waals surface area contributed by atoms with E-state index in [0.29, 0.717) is 11.3 Å². The molecule has 0 aliphatic rings. The molecule has 1 aromatic carbocycles. The summed E-state index contributed by atoms with van der Waals surface area (Å²) < 4.78 is 39.5. The Balaban J connectivity index is 2.09. The zero-order valence-electron chi connectivity index (χ0n) is 9.36. The zero-order chi connectivity index (χ0) is 13.9. The summed E-state index contributed by atoms with van der Waals surface area (Å²) in [7, 11) is 0. The number of ether oxygens (including phenoxy) is 1. The molecule has 2 N–H and O–H groups in total. The maximum atomic E-state index is 11.9. The Hall–Kier alpha value is -2.51. The second-order valence-electron chi connectivity index (χ2n) is 3.50. The van der Waals surface area contributed by atoms with Gasteiger partial charge in [0.25, 0.3) is 5.56 Å². The van der Waals surface area contributed by atoms with Gasteiger partial charge in [0.15, 0.2) is 0 Å². The number of nitrogens with zero attached hydrogens (tertiary/aromatic N) is 1. The quantitative estimate of drug-likeness (QED) is 0.841. The second-order valence-corrected chi connectivity index (χ2v) is 3.50. The molecule has 0 amide bonds. The molecule has 2 aromatic rings. The highest BCUT2D eigenvalue weighted by Gasteiger charge is 2.30. The van der Waals surface area contributed by atoms with Gasteiger partial charge >= 0.3 is 6.36 Å². The summed E-state index contributed by atoms with van der Waals surface area (Å²) in [6, 6.07) is 4.97. The molecular formula is C11H8F3N3O2. The topological polar surface area (TPSA) is 70.2 Å². The fourth-order valence-corrected chi connectivity index (χ4v) is 1.29. The fourth-order valence-electron chi connectivity index (χ4n) is 1.29. The lowest BCUT2D eigenvalue weighted by atomic mass is 10.3. The number of hydrogen-bond acceptors (Lipinski definition) is 3. The minimum atomic E-state index is -4.72. The van der Waals surface area contributed by atoms with E-state index in [9.17, 15) is 18.0 Å². The van der Waals surface area contributed by atoms with Gasteiger partial charge in [-0.15, -0.1) is 13.2 Å². The Kier molecular flexibility index (Phi) is 3.41. The Morgan fingerprint density at radius 3 is 2.42 bits per heavy atom. The standard InChI is InChI=1S/C11H8F3N3O2/c12-11(13,14)19-9-3-1-8(2-4-9)15-5-7-6-16-17-10(7)18/h1-6H,(H2,16,17,18). The van der Waals surface area contributed by atoms with Gasteiger partial charge in [0.1, 0.15) is 5.75 Å². The van der Waals surface area contributed by atoms with E-state index in [2.05, 4.69) is 19.9 Å². The summed E-state index contributed by atoms with van der Waals surface area (Å²) in [5.41, 5.74) is 0.381. The Morgan fingerprint density at radius 2 is 1.89 bits per heavy atom. The summed E-state index contributed by atoms with van der Waals surface area (Å²) >= 11 is 0. The fraction of sp³-hybridized carbons (Fsp3) is 0.0909. The number of aromatic nitrogens is 2. The molecule has 0 aliphatic carbocycles. The number of H-pyrrole nitrogens is 2. The molecular weight excluding hydrogens is 263 g/mol. The molecule has 0 saturated carbocycles. The molecule has 5 nitrogen and oxygen atoms in total. The molecule has 0 unspecified atom stereocenters. The largest absolute Gasteiger partial charge is 0.573 e. The molecule has 0 radical (unpaired) electrons. The highest BCUT2D eigenvalue weighted by atomic mass is 19.4. The van der Waals surface area contributed by atoms with Crippen LogP contribution in [0.1, 0.15) is 5.56 Å². The maximum absolute atomic E-state index is 11.9. The number of aliphatic imine (C=N–C) groups is 1. The van der Waals surface area contributed by atoms with Crippen LogP contribution in [0.5, 0.6) is 5.75 Å². The van der Waals surface area contributed by atoms with Crippen molar-refractivity contribution in [3.05, 3.63) is 46.4 Å². The lowest BCUT2D eigenvalue weighted by Crippen LogP contribution is -2.16. The molecule has 0 saturated heterocycles. The van der Waals surface area contributed by atoms with E-state index in [1.165, 1.54) is 24.5 Å². The number of alkyl halides is 3. The minimum Gasteiger partial charge on any atom is -0.406 e. The van der Waals surface area contributed by atoms with Crippen LogP contribution in [0.2, 0.25) is 0 Å². The number of halogens is 3. The van der Waals surface area contributed by atoms with Crippen molar-refractivity contribution in [2.45, 2.75) is 6.36 Å². The number of nitrogens with one attached hydrogen (secondary N) is 2. The van der Waals surface area contributed by atoms with Crippen molar-refractivity contribution in [1.29, 1.82) is 0 Å². The summed E-state index contributed by atoms with van der Waals surface area (Å²) in [6.45, 7) is 0. The van der Waals surface area contributed by atoms with Crippen molar-refractivity contribution in [1.82, 2.24) is 10.2 Å². The van der Waals surface area contributed by atoms with Crippen LogP contribution < -0.4 is 10.3 Å². The number of aromatic amines is 2. The summed E-state index contributed by atoms with van der Waals surface area (Å²) in [5, 5.41) is 4.82. The van der Waals surface area contributed by atoms with E-state index in [1.54, 1.807) is 0 Å². The van der Waals surface area contributed by atoms with Gasteiger partial charge in [-0.3, -0.25) is 14.9 Å². The lowest BCUT2D eigenvalue weighted by molar-refractivity contribution is -0.274. The van der Waals surface area contributed by atoms with Crippen LogP contribution in [0.25, 0.3) is 0 Å². The van der Waals surface area contributed by atoms with E-state index in [4.69, 9.17) is 0 Å². The molecule has 19 heavy (non-hydrogen) atoms. The van der Waals surface area contributed by atoms with Crippen molar-refractivity contribution < 1.29 is 17.9 Å². The predicted octanol–water partition coefficient (Wildman–Crippen LogP) is 2.35. The third kappa shape index (κ3) is 3.73. The van der Waals surface area contributed by atoms with E-state index < -0.39 is 6.36 Å². The molecule has 100 valence electrons. The number of benzene rings is 1. The molecule has 0 atom stereocenters. The van der Waals surface area contributed by atoms with Crippen LogP contribution >= 0.6 is 0 Å². The average molecular weight is 271 g/mol. The zero-order valence-corrected chi connectivity index (χ0v) is 9.36. The van der Waals surface area contributed by atoms with E-state index in [1.807, 2.05) is 0 Å². The number of hydrogen-bond donors (Lipinski definition) is 2. The van der Waals surface area contributed by atoms with Crippen molar-refractivity contribution in [3.63, 3.8) is 0 Å². The second kappa shape index (κ2) is 5.01. The van der Waals surface area contributed by atoms with Crippen LogP contribution in [0.15, 0.2) is 40.2 Å². The third-order valence-electron chi connectivity index (χ3n) is 2.10. The molecule has 0 bridgehead atoms. The monoisotopic (exact) mass is 271 g/mol. The van der Waals surface area contributed by atoms with Gasteiger partial charge in [-0.2, -0.15) is 0 Å². The average Bonchev–Trinajstić information content (AvgIpc) is 2.72. The third-order valence-corrected chi connectivity index (χ3v) is 2.10. The minimum absolute atomic E-state index is 0.315. The van der Waals surface area contributed by atoms with Gasteiger partial charge in [-0.25, -0.2) is 0 Å². The predicted molar refractivity (Wildman–Crippen MR) is 61.8 cm³/mol. The van der Waals surface area contributed by atoms with Gasteiger partial charge in [0, 0.05) is 12.4 Å². The van der Waals surface area contributed by atoms with Crippen molar-refractivity contribution >= 4 is 11.9 Å². The smallest absolute Gasteiger partial charge is 0.406 e. The molecule has 1 heterocycles. The van der Waals surface area contributed by atoms with Gasteiger partial charge in [0.2, 0.25) is 0 Å². The Labute approximate surface area is 104 Å². The van der Waals surface area contributed by atoms with Gasteiger partial charge in [-0.1, -0.05) is 0 Å². The van der Waals surface area contributed by atoms with Crippen molar-refractivity contribution in [2.24, 2.45) is 4.99 Å². The first-order valence-corrected chi connectivity index (χ1v) is 5.10. The van der Waals surface area contributed by atoms with Gasteiger partial charge in [-0.05, 0) is 24.3 Å². The molecule has 1 aromatic heterocycles. The van der Waals surface area contributed by atoms with E-state index in [-0.39, 0.29) is 11.3 Å². The highest BCUT2D eigenvalue weighted by molar-refractivity contribution is 5.80. The first kappa shape index (κ1) is 12.9. The molecule has 0 aliphatic heterocycles. The van der Waals surface area contributed by atoms with E-state index >= 15 is 0 Å². The first-order chi connectivity index (χ1) is 8.94. The first-order valence-electron chi connectivity index (χ1n) is 5.10. The van der Waals surface area contributed by atoms with E-state index in [0.717, 1.165) is 12.1 Å². The molecule has 8 heteroatoms. The Bertz CT molecular complexity index is 626. The van der Waals surface area contributed by atoms with Gasteiger partial charge in [0.05, 0.1) is 11.3 Å². The van der Waals surface area contributed by atoms with Crippen LogP contribution in [0.3, 0.4) is 0 Å². The Morgan fingerprint density at radius 1 is 1.21 bits per heavy atom. The van der Waals surface area contributed by atoms with Crippen LogP contribution in [0.4, 0.5) is 18.9 Å².